The van der Waals surface area contributed by atoms with Crippen molar-refractivity contribution in [3.05, 3.63) is 84.1 Å². The van der Waals surface area contributed by atoms with E-state index in [1.165, 1.54) is 5.56 Å². The van der Waals surface area contributed by atoms with Gasteiger partial charge in [0.25, 0.3) is 0 Å². The minimum atomic E-state index is -0.138. The Morgan fingerprint density at radius 3 is 2.08 bits per heavy atom. The quantitative estimate of drug-likeness (QED) is 0.704. The molecule has 4 atom stereocenters. The summed E-state index contributed by atoms with van der Waals surface area (Å²) in [5.74, 6) is 1.41. The zero-order valence-corrected chi connectivity index (χ0v) is 15.6. The van der Waals surface area contributed by atoms with Crippen LogP contribution in [0, 0.1) is 11.8 Å². The molecule has 0 bridgehead atoms. The minimum Gasteiger partial charge on any atom is -0.490 e. The summed E-state index contributed by atoms with van der Waals surface area (Å²) in [6, 6.07) is 20.4. The molecule has 0 N–H and O–H groups in total. The van der Waals surface area contributed by atoms with Crippen LogP contribution in [-0.4, -0.2) is 18.8 Å². The Morgan fingerprint density at radius 2 is 1.46 bits per heavy atom. The standard InChI is InChI=1S/C23H28O3/c1-17-18(2)23(25-15-21-12-8-5-9-13-21)22(26-19(17)3)16-24-14-20-10-6-4-7-11-20/h4-13,17-18,22-23H,3,14-16H2,1-2H3/t17?,18-,22?,23-/m1/s1. The van der Waals surface area contributed by atoms with E-state index in [-0.39, 0.29) is 18.1 Å². The lowest BCUT2D eigenvalue weighted by molar-refractivity contribution is -0.148. The van der Waals surface area contributed by atoms with E-state index in [1.54, 1.807) is 0 Å². The molecule has 0 amide bonds. The fraction of sp³-hybridized carbons (Fsp3) is 0.391. The lowest BCUT2D eigenvalue weighted by atomic mass is 9.84. The van der Waals surface area contributed by atoms with Crippen molar-refractivity contribution < 1.29 is 14.2 Å². The molecule has 0 aromatic heterocycles. The molecular weight excluding hydrogens is 324 g/mol. The molecule has 1 fully saturated rings. The van der Waals surface area contributed by atoms with Crippen molar-refractivity contribution in [1.29, 1.82) is 0 Å². The van der Waals surface area contributed by atoms with Gasteiger partial charge in [-0.15, -0.1) is 0 Å². The van der Waals surface area contributed by atoms with Crippen LogP contribution < -0.4 is 0 Å². The number of hydrogen-bond acceptors (Lipinski definition) is 3. The topological polar surface area (TPSA) is 27.7 Å². The first-order valence-electron chi connectivity index (χ1n) is 9.28. The molecular formula is C23H28O3. The van der Waals surface area contributed by atoms with Crippen LogP contribution in [0.3, 0.4) is 0 Å². The zero-order valence-electron chi connectivity index (χ0n) is 15.6. The van der Waals surface area contributed by atoms with Gasteiger partial charge in [-0.2, -0.15) is 0 Å². The fourth-order valence-electron chi connectivity index (χ4n) is 3.31. The molecule has 1 heterocycles. The highest BCUT2D eigenvalue weighted by molar-refractivity contribution is 5.14. The predicted octanol–water partition coefficient (Wildman–Crippen LogP) is 4.97. The minimum absolute atomic E-state index is 0.0218. The molecule has 1 saturated heterocycles. The van der Waals surface area contributed by atoms with E-state index >= 15 is 0 Å². The maximum atomic E-state index is 6.27. The van der Waals surface area contributed by atoms with Crippen molar-refractivity contribution in [2.24, 2.45) is 11.8 Å². The maximum Gasteiger partial charge on any atom is 0.148 e. The third-order valence-corrected chi connectivity index (χ3v) is 5.16. The summed E-state index contributed by atoms with van der Waals surface area (Å²) < 4.78 is 18.3. The van der Waals surface area contributed by atoms with Gasteiger partial charge < -0.3 is 14.2 Å². The van der Waals surface area contributed by atoms with E-state index in [2.05, 4.69) is 44.7 Å². The Bertz CT molecular complexity index is 683. The Hall–Kier alpha value is -2.10. The van der Waals surface area contributed by atoms with Gasteiger partial charge in [0.05, 0.1) is 25.6 Å². The molecule has 2 aromatic rings. The summed E-state index contributed by atoms with van der Waals surface area (Å²) in [6.07, 6.45) is -0.160. The molecule has 138 valence electrons. The molecule has 1 aliphatic rings. The highest BCUT2D eigenvalue weighted by Crippen LogP contribution is 2.34. The van der Waals surface area contributed by atoms with Crippen LogP contribution in [0.2, 0.25) is 0 Å². The zero-order chi connectivity index (χ0) is 18.4. The van der Waals surface area contributed by atoms with Crippen molar-refractivity contribution >= 4 is 0 Å². The molecule has 3 rings (SSSR count). The SMILES string of the molecule is C=C1OC(COCc2ccccc2)[C@H](OCc2ccccc2)[C@H](C)C1C. The predicted molar refractivity (Wildman–Crippen MR) is 103 cm³/mol. The van der Waals surface area contributed by atoms with Crippen molar-refractivity contribution in [2.75, 3.05) is 6.61 Å². The molecule has 2 unspecified atom stereocenters. The molecule has 3 heteroatoms. The Balaban J connectivity index is 1.60. The third-order valence-electron chi connectivity index (χ3n) is 5.16. The van der Waals surface area contributed by atoms with Crippen LogP contribution in [0.15, 0.2) is 73.0 Å². The van der Waals surface area contributed by atoms with Crippen LogP contribution in [0.25, 0.3) is 0 Å². The number of hydrogen-bond donors (Lipinski definition) is 0. The van der Waals surface area contributed by atoms with Gasteiger partial charge in [0.15, 0.2) is 0 Å². The average molecular weight is 352 g/mol. The maximum absolute atomic E-state index is 6.27. The largest absolute Gasteiger partial charge is 0.490 e. The highest BCUT2D eigenvalue weighted by Gasteiger charge is 2.39. The van der Waals surface area contributed by atoms with Crippen molar-refractivity contribution in [3.8, 4) is 0 Å². The van der Waals surface area contributed by atoms with Gasteiger partial charge in [-0.1, -0.05) is 81.1 Å². The van der Waals surface area contributed by atoms with Crippen molar-refractivity contribution in [1.82, 2.24) is 0 Å². The lowest BCUT2D eigenvalue weighted by Gasteiger charge is -2.41. The van der Waals surface area contributed by atoms with Gasteiger partial charge in [0.1, 0.15) is 12.2 Å². The Labute approximate surface area is 156 Å². The first-order valence-corrected chi connectivity index (χ1v) is 9.28. The van der Waals surface area contributed by atoms with E-state index < -0.39 is 0 Å². The molecule has 3 nitrogen and oxygen atoms in total. The van der Waals surface area contributed by atoms with Crippen molar-refractivity contribution in [3.63, 3.8) is 0 Å². The van der Waals surface area contributed by atoms with Gasteiger partial charge in [-0.25, -0.2) is 0 Å². The van der Waals surface area contributed by atoms with Crippen LogP contribution in [0.5, 0.6) is 0 Å². The third kappa shape index (κ3) is 4.75. The highest BCUT2D eigenvalue weighted by atomic mass is 16.6. The Kier molecular flexibility index (Phi) is 6.48. The van der Waals surface area contributed by atoms with Crippen LogP contribution >= 0.6 is 0 Å². The number of ether oxygens (including phenoxy) is 3. The monoisotopic (exact) mass is 352 g/mol. The molecule has 0 saturated carbocycles. The smallest absolute Gasteiger partial charge is 0.148 e. The van der Waals surface area contributed by atoms with E-state index in [1.807, 2.05) is 36.4 Å². The number of rotatable bonds is 7. The summed E-state index contributed by atoms with van der Waals surface area (Å²) in [5.41, 5.74) is 2.33. The molecule has 0 aliphatic carbocycles. The lowest BCUT2D eigenvalue weighted by Crippen LogP contribution is -2.47. The molecule has 0 spiro atoms. The van der Waals surface area contributed by atoms with E-state index in [0.29, 0.717) is 25.7 Å². The second-order valence-electron chi connectivity index (χ2n) is 7.03. The van der Waals surface area contributed by atoms with Gasteiger partial charge in [0.2, 0.25) is 0 Å². The number of allylic oxidation sites excluding steroid dienone is 1. The summed E-state index contributed by atoms with van der Waals surface area (Å²) in [7, 11) is 0. The summed E-state index contributed by atoms with van der Waals surface area (Å²) in [6.45, 7) is 10.1. The van der Waals surface area contributed by atoms with Gasteiger partial charge >= 0.3 is 0 Å². The van der Waals surface area contributed by atoms with E-state index in [0.717, 1.165) is 11.3 Å². The van der Waals surface area contributed by atoms with Gasteiger partial charge in [0, 0.05) is 5.92 Å². The average Bonchev–Trinajstić information content (AvgIpc) is 2.67. The summed E-state index contributed by atoms with van der Waals surface area (Å²) in [4.78, 5) is 0. The molecule has 1 aliphatic heterocycles. The first kappa shape index (κ1) is 18.7. The normalized spacial score (nSPS) is 25.7. The van der Waals surface area contributed by atoms with Crippen LogP contribution in [-0.2, 0) is 27.4 Å². The molecule has 2 aromatic carbocycles. The van der Waals surface area contributed by atoms with E-state index in [4.69, 9.17) is 14.2 Å². The summed E-state index contributed by atoms with van der Waals surface area (Å²) in [5, 5.41) is 0. The fourth-order valence-corrected chi connectivity index (χ4v) is 3.31. The van der Waals surface area contributed by atoms with Crippen molar-refractivity contribution in [2.45, 2.75) is 39.3 Å². The van der Waals surface area contributed by atoms with Gasteiger partial charge in [-0.3, -0.25) is 0 Å². The second-order valence-corrected chi connectivity index (χ2v) is 7.03. The second kappa shape index (κ2) is 9.02. The summed E-state index contributed by atoms with van der Waals surface area (Å²) >= 11 is 0. The van der Waals surface area contributed by atoms with Gasteiger partial charge in [-0.05, 0) is 17.0 Å². The molecule has 26 heavy (non-hydrogen) atoms. The van der Waals surface area contributed by atoms with Crippen LogP contribution in [0.1, 0.15) is 25.0 Å². The molecule has 0 radical (unpaired) electrons. The van der Waals surface area contributed by atoms with E-state index in [9.17, 15) is 0 Å². The first-order chi connectivity index (χ1) is 12.6. The Morgan fingerprint density at radius 1 is 0.885 bits per heavy atom. The number of benzene rings is 2. The van der Waals surface area contributed by atoms with Crippen LogP contribution in [0.4, 0.5) is 0 Å².